The lowest BCUT2D eigenvalue weighted by atomic mass is 10.1. The molecule has 0 aliphatic carbocycles. The number of amides is 1. The van der Waals surface area contributed by atoms with Gasteiger partial charge in [-0.1, -0.05) is 0 Å². The van der Waals surface area contributed by atoms with Gasteiger partial charge in [0.1, 0.15) is 0 Å². The highest BCUT2D eigenvalue weighted by atomic mass is 32.1. The second-order valence-electron chi connectivity index (χ2n) is 4.66. The minimum Gasteiger partial charge on any atom is -0.340 e. The number of hydrogen-bond acceptors (Lipinski definition) is 4. The third-order valence-corrected chi connectivity index (χ3v) is 4.19. The molecule has 0 spiro atoms. The van der Waals surface area contributed by atoms with Crippen LogP contribution in [-0.2, 0) is 18.4 Å². The van der Waals surface area contributed by atoms with E-state index in [2.05, 4.69) is 10.1 Å². The minimum atomic E-state index is -0.189. The van der Waals surface area contributed by atoms with Gasteiger partial charge in [0.05, 0.1) is 29.4 Å². The molecule has 0 saturated carbocycles. The number of thiazole rings is 1. The quantitative estimate of drug-likeness (QED) is 0.859. The van der Waals surface area contributed by atoms with Crippen molar-refractivity contribution in [3.63, 3.8) is 0 Å². The summed E-state index contributed by atoms with van der Waals surface area (Å²) < 4.78 is 1.74. The van der Waals surface area contributed by atoms with E-state index >= 15 is 0 Å². The first-order valence-corrected chi connectivity index (χ1v) is 7.00. The van der Waals surface area contributed by atoms with Gasteiger partial charge < -0.3 is 4.90 Å². The molecule has 1 amide bonds. The average Bonchev–Trinajstić information content (AvgIpc) is 2.97. The Hall–Kier alpha value is -1.69. The van der Waals surface area contributed by atoms with Gasteiger partial charge in [-0.15, -0.1) is 11.3 Å². The monoisotopic (exact) mass is 278 g/mol. The third kappa shape index (κ3) is 2.84. The van der Waals surface area contributed by atoms with E-state index in [-0.39, 0.29) is 11.8 Å². The van der Waals surface area contributed by atoms with Gasteiger partial charge in [0.15, 0.2) is 0 Å². The Morgan fingerprint density at radius 2 is 2.32 bits per heavy atom. The molecule has 2 heterocycles. The summed E-state index contributed by atoms with van der Waals surface area (Å²) in [6.45, 7) is 4.49. The molecule has 2 aromatic heterocycles. The summed E-state index contributed by atoms with van der Waals surface area (Å²) in [6, 6.07) is 1.88. The fourth-order valence-corrected chi connectivity index (χ4v) is 2.87. The first-order valence-electron chi connectivity index (χ1n) is 6.12. The van der Waals surface area contributed by atoms with E-state index < -0.39 is 0 Å². The molecular formula is C13H18N4OS. The Morgan fingerprint density at radius 3 is 2.84 bits per heavy atom. The summed E-state index contributed by atoms with van der Waals surface area (Å²) in [7, 11) is 3.68. The molecule has 2 rings (SSSR count). The normalized spacial score (nSPS) is 12.4. The molecule has 0 N–H and O–H groups in total. The van der Waals surface area contributed by atoms with Crippen LogP contribution in [0.5, 0.6) is 0 Å². The lowest BCUT2D eigenvalue weighted by molar-refractivity contribution is -0.131. The molecule has 0 aliphatic rings. The Morgan fingerprint density at radius 1 is 1.58 bits per heavy atom. The molecule has 0 aliphatic heterocycles. The SMILES string of the molecule is Cc1ncsc1CN(C)C(=O)C(C)c1ccnn1C. The number of rotatable bonds is 4. The molecule has 0 fully saturated rings. The lowest BCUT2D eigenvalue weighted by Crippen LogP contribution is -2.31. The molecule has 19 heavy (non-hydrogen) atoms. The molecular weight excluding hydrogens is 260 g/mol. The number of carbonyl (C=O) groups excluding carboxylic acids is 1. The molecule has 0 radical (unpaired) electrons. The predicted octanol–water partition coefficient (Wildman–Crippen LogP) is 1.95. The fourth-order valence-electron chi connectivity index (χ4n) is 2.04. The van der Waals surface area contributed by atoms with E-state index in [0.717, 1.165) is 16.3 Å². The van der Waals surface area contributed by atoms with Crippen LogP contribution >= 0.6 is 11.3 Å². The highest BCUT2D eigenvalue weighted by Gasteiger charge is 2.22. The van der Waals surface area contributed by atoms with Crippen LogP contribution in [0.3, 0.4) is 0 Å². The average molecular weight is 278 g/mol. The van der Waals surface area contributed by atoms with Gasteiger partial charge in [-0.05, 0) is 19.9 Å². The summed E-state index contributed by atoms with van der Waals surface area (Å²) in [5.41, 5.74) is 3.74. The van der Waals surface area contributed by atoms with Crippen molar-refractivity contribution in [1.82, 2.24) is 19.7 Å². The second kappa shape index (κ2) is 5.52. The first-order chi connectivity index (χ1) is 9.00. The Bertz CT molecular complexity index is 575. The van der Waals surface area contributed by atoms with Crippen molar-refractivity contribution in [3.8, 4) is 0 Å². The summed E-state index contributed by atoms with van der Waals surface area (Å²) in [5.74, 6) is -0.0953. The zero-order valence-corrected chi connectivity index (χ0v) is 12.4. The molecule has 6 heteroatoms. The zero-order chi connectivity index (χ0) is 14.0. The van der Waals surface area contributed by atoms with E-state index in [4.69, 9.17) is 0 Å². The third-order valence-electron chi connectivity index (χ3n) is 3.27. The van der Waals surface area contributed by atoms with Crippen molar-refractivity contribution in [2.45, 2.75) is 26.3 Å². The number of carbonyl (C=O) groups is 1. The summed E-state index contributed by atoms with van der Waals surface area (Å²) >= 11 is 1.59. The Balaban J connectivity index is 2.07. The minimum absolute atomic E-state index is 0.0939. The fraction of sp³-hybridized carbons (Fsp3) is 0.462. The van der Waals surface area contributed by atoms with Crippen LogP contribution in [0, 0.1) is 6.92 Å². The van der Waals surface area contributed by atoms with Crippen LogP contribution in [0.4, 0.5) is 0 Å². The summed E-state index contributed by atoms with van der Waals surface area (Å²) in [6.07, 6.45) is 1.71. The topological polar surface area (TPSA) is 51.0 Å². The lowest BCUT2D eigenvalue weighted by Gasteiger charge is -2.21. The maximum absolute atomic E-state index is 12.4. The van der Waals surface area contributed by atoms with E-state index in [1.165, 1.54) is 0 Å². The van der Waals surface area contributed by atoms with Crippen molar-refractivity contribution in [3.05, 3.63) is 34.0 Å². The van der Waals surface area contributed by atoms with Gasteiger partial charge in [-0.3, -0.25) is 9.48 Å². The number of likely N-dealkylation sites (N-methyl/N-ethyl adjacent to an activating group) is 1. The first kappa shape index (κ1) is 13.7. The molecule has 0 aromatic carbocycles. The Kier molecular flexibility index (Phi) is 3.99. The number of nitrogens with zero attached hydrogens (tertiary/aromatic N) is 4. The largest absolute Gasteiger partial charge is 0.340 e. The highest BCUT2D eigenvalue weighted by molar-refractivity contribution is 7.09. The van der Waals surface area contributed by atoms with Crippen LogP contribution in [0.1, 0.15) is 29.1 Å². The van der Waals surface area contributed by atoms with Crippen LogP contribution in [0.15, 0.2) is 17.8 Å². The summed E-state index contributed by atoms with van der Waals surface area (Å²) in [5, 5.41) is 4.11. The maximum Gasteiger partial charge on any atom is 0.231 e. The predicted molar refractivity (Wildman–Crippen MR) is 74.9 cm³/mol. The van der Waals surface area contributed by atoms with Crippen molar-refractivity contribution < 1.29 is 4.79 Å². The standard InChI is InChI=1S/C13H18N4OS/c1-9(11-5-6-15-17(11)4)13(18)16(3)7-12-10(2)14-8-19-12/h5-6,8-9H,7H2,1-4H3. The molecule has 1 atom stereocenters. The van der Waals surface area contributed by atoms with Crippen LogP contribution in [0.25, 0.3) is 0 Å². The molecule has 0 saturated heterocycles. The van der Waals surface area contributed by atoms with Crippen molar-refractivity contribution in [1.29, 1.82) is 0 Å². The van der Waals surface area contributed by atoms with E-state index in [0.29, 0.717) is 6.54 Å². The molecule has 1 unspecified atom stereocenters. The van der Waals surface area contributed by atoms with Crippen LogP contribution in [0.2, 0.25) is 0 Å². The smallest absolute Gasteiger partial charge is 0.231 e. The van der Waals surface area contributed by atoms with Crippen LogP contribution in [-0.4, -0.2) is 32.6 Å². The van der Waals surface area contributed by atoms with Crippen molar-refractivity contribution in [2.24, 2.45) is 7.05 Å². The highest BCUT2D eigenvalue weighted by Crippen LogP contribution is 2.19. The van der Waals surface area contributed by atoms with Gasteiger partial charge >= 0.3 is 0 Å². The van der Waals surface area contributed by atoms with Crippen LogP contribution < -0.4 is 0 Å². The Labute approximate surface area is 116 Å². The number of aryl methyl sites for hydroxylation is 2. The van der Waals surface area contributed by atoms with Crippen molar-refractivity contribution in [2.75, 3.05) is 7.05 Å². The summed E-state index contributed by atoms with van der Waals surface area (Å²) in [4.78, 5) is 19.5. The van der Waals surface area contributed by atoms with Gasteiger partial charge in [-0.25, -0.2) is 4.98 Å². The van der Waals surface area contributed by atoms with E-state index in [1.807, 2.05) is 39.5 Å². The van der Waals surface area contributed by atoms with E-state index in [9.17, 15) is 4.79 Å². The number of aromatic nitrogens is 3. The van der Waals surface area contributed by atoms with Gasteiger partial charge in [0.2, 0.25) is 5.91 Å². The molecule has 2 aromatic rings. The van der Waals surface area contributed by atoms with E-state index in [1.54, 1.807) is 27.1 Å². The second-order valence-corrected chi connectivity index (χ2v) is 5.60. The number of hydrogen-bond donors (Lipinski definition) is 0. The van der Waals surface area contributed by atoms with Gasteiger partial charge in [-0.2, -0.15) is 5.10 Å². The molecule has 5 nitrogen and oxygen atoms in total. The zero-order valence-electron chi connectivity index (χ0n) is 11.6. The molecule has 102 valence electrons. The van der Waals surface area contributed by atoms with Gasteiger partial charge in [0, 0.05) is 25.2 Å². The maximum atomic E-state index is 12.4. The molecule has 0 bridgehead atoms. The van der Waals surface area contributed by atoms with Crippen molar-refractivity contribution >= 4 is 17.2 Å². The van der Waals surface area contributed by atoms with Gasteiger partial charge in [0.25, 0.3) is 0 Å².